The van der Waals surface area contributed by atoms with E-state index in [9.17, 15) is 4.79 Å². The van der Waals surface area contributed by atoms with E-state index in [-0.39, 0.29) is 11.9 Å². The van der Waals surface area contributed by atoms with Crippen molar-refractivity contribution in [3.05, 3.63) is 40.7 Å². The molecule has 1 aromatic heterocycles. The Balaban J connectivity index is 1.55. The molecule has 0 radical (unpaired) electrons. The van der Waals surface area contributed by atoms with Crippen molar-refractivity contribution in [1.29, 1.82) is 0 Å². The van der Waals surface area contributed by atoms with Gasteiger partial charge in [0.1, 0.15) is 5.82 Å². The van der Waals surface area contributed by atoms with Crippen LogP contribution < -0.4 is 5.32 Å². The molecule has 1 heterocycles. The Hall–Kier alpha value is -1.53. The van der Waals surface area contributed by atoms with Crippen LogP contribution in [0.1, 0.15) is 43.2 Å². The van der Waals surface area contributed by atoms with Gasteiger partial charge >= 0.3 is 0 Å². The summed E-state index contributed by atoms with van der Waals surface area (Å²) < 4.78 is 2.14. The summed E-state index contributed by atoms with van der Waals surface area (Å²) in [4.78, 5) is 12.2. The highest BCUT2D eigenvalue weighted by atomic mass is 35.5. The molecule has 3 rings (SSSR count). The lowest BCUT2D eigenvalue weighted by molar-refractivity contribution is -0.119. The third kappa shape index (κ3) is 4.06. The summed E-state index contributed by atoms with van der Waals surface area (Å²) in [5.41, 5.74) is 0.993. The number of benzene rings is 1. The van der Waals surface area contributed by atoms with Crippen LogP contribution in [-0.4, -0.2) is 26.4 Å². The monoisotopic (exact) mass is 350 g/mol. The molecule has 1 atom stereocenters. The fourth-order valence-electron chi connectivity index (χ4n) is 2.47. The van der Waals surface area contributed by atoms with Crippen LogP contribution in [0.4, 0.5) is 0 Å². The number of rotatable bonds is 6. The molecule has 23 heavy (non-hydrogen) atoms. The number of thioether (sulfide) groups is 1. The summed E-state index contributed by atoms with van der Waals surface area (Å²) in [5, 5.41) is 12.8. The molecule has 0 unspecified atom stereocenters. The first-order valence-corrected chi connectivity index (χ1v) is 9.00. The van der Waals surface area contributed by atoms with E-state index in [1.54, 1.807) is 0 Å². The van der Waals surface area contributed by atoms with Crippen LogP contribution in [0.2, 0.25) is 5.02 Å². The first-order chi connectivity index (χ1) is 11.0. The largest absolute Gasteiger partial charge is 0.349 e. The highest BCUT2D eigenvalue weighted by molar-refractivity contribution is 7.99. The van der Waals surface area contributed by atoms with Gasteiger partial charge in [-0.2, -0.15) is 0 Å². The van der Waals surface area contributed by atoms with Gasteiger partial charge in [-0.3, -0.25) is 4.79 Å². The summed E-state index contributed by atoms with van der Waals surface area (Å²) in [7, 11) is 0. The molecular formula is C16H19ClN4OS. The van der Waals surface area contributed by atoms with Crippen molar-refractivity contribution in [2.24, 2.45) is 0 Å². The zero-order valence-corrected chi connectivity index (χ0v) is 14.7. The summed E-state index contributed by atoms with van der Waals surface area (Å²) >= 11 is 7.42. The number of aryl methyl sites for hydroxylation is 1. The van der Waals surface area contributed by atoms with Crippen LogP contribution in [0.15, 0.2) is 29.4 Å². The van der Waals surface area contributed by atoms with Crippen LogP contribution in [-0.2, 0) is 4.79 Å². The fourth-order valence-corrected chi connectivity index (χ4v) is 3.54. The third-order valence-corrected chi connectivity index (χ3v) is 4.98. The number of halogens is 1. The second-order valence-electron chi connectivity index (χ2n) is 5.76. The van der Waals surface area contributed by atoms with E-state index in [2.05, 4.69) is 20.1 Å². The van der Waals surface area contributed by atoms with Gasteiger partial charge in [-0.25, -0.2) is 0 Å². The quantitative estimate of drug-likeness (QED) is 0.809. The minimum Gasteiger partial charge on any atom is -0.349 e. The second kappa shape index (κ2) is 6.93. The normalized spacial score (nSPS) is 15.4. The predicted molar refractivity (Wildman–Crippen MR) is 91.8 cm³/mol. The number of nitrogens with zero attached hydrogens (tertiary/aromatic N) is 3. The van der Waals surface area contributed by atoms with Crippen molar-refractivity contribution in [2.45, 2.75) is 43.9 Å². The number of amides is 1. The molecule has 0 spiro atoms. The Kier molecular flexibility index (Phi) is 4.92. The third-order valence-electron chi connectivity index (χ3n) is 3.81. The summed E-state index contributed by atoms with van der Waals surface area (Å²) in [5.74, 6) is 1.23. The zero-order valence-electron chi connectivity index (χ0n) is 13.1. The number of hydrogen-bond donors (Lipinski definition) is 1. The van der Waals surface area contributed by atoms with E-state index < -0.39 is 0 Å². The van der Waals surface area contributed by atoms with Crippen LogP contribution >= 0.6 is 23.4 Å². The Morgan fingerprint density at radius 3 is 2.96 bits per heavy atom. The Morgan fingerprint density at radius 2 is 2.26 bits per heavy atom. The second-order valence-corrected chi connectivity index (χ2v) is 7.14. The highest BCUT2D eigenvalue weighted by Gasteiger charge is 2.28. The molecule has 1 N–H and O–H groups in total. The number of aromatic nitrogens is 3. The van der Waals surface area contributed by atoms with Gasteiger partial charge in [-0.1, -0.05) is 35.5 Å². The fraction of sp³-hybridized carbons (Fsp3) is 0.438. The van der Waals surface area contributed by atoms with Crippen molar-refractivity contribution in [2.75, 3.05) is 5.75 Å². The van der Waals surface area contributed by atoms with E-state index in [1.807, 2.05) is 38.1 Å². The maximum atomic E-state index is 12.2. The van der Waals surface area contributed by atoms with Crippen LogP contribution in [0.3, 0.4) is 0 Å². The van der Waals surface area contributed by atoms with Crippen molar-refractivity contribution in [1.82, 2.24) is 20.1 Å². The van der Waals surface area contributed by atoms with Crippen molar-refractivity contribution in [3.8, 4) is 0 Å². The lowest BCUT2D eigenvalue weighted by Crippen LogP contribution is -2.28. The predicted octanol–water partition coefficient (Wildman–Crippen LogP) is 3.54. The topological polar surface area (TPSA) is 59.8 Å². The summed E-state index contributed by atoms with van der Waals surface area (Å²) in [6.07, 6.45) is 2.34. The molecular weight excluding hydrogens is 332 g/mol. The van der Waals surface area contributed by atoms with E-state index in [4.69, 9.17) is 11.6 Å². The van der Waals surface area contributed by atoms with E-state index in [1.165, 1.54) is 24.6 Å². The Labute approximate surface area is 144 Å². The van der Waals surface area contributed by atoms with Gasteiger partial charge in [0.25, 0.3) is 0 Å². The van der Waals surface area contributed by atoms with Gasteiger partial charge in [-0.05, 0) is 44.4 Å². The zero-order chi connectivity index (χ0) is 16.4. The number of carbonyl (C=O) groups is 1. The minimum absolute atomic E-state index is 0.0227. The average Bonchev–Trinajstić information content (AvgIpc) is 3.28. The van der Waals surface area contributed by atoms with Gasteiger partial charge in [-0.15, -0.1) is 10.2 Å². The molecule has 1 saturated carbocycles. The van der Waals surface area contributed by atoms with Crippen LogP contribution in [0.25, 0.3) is 0 Å². The SMILES string of the molecule is Cc1nnc(SCC(=O)N[C@@H](C)c2cccc(Cl)c2)n1C1CC1. The molecule has 1 aromatic carbocycles. The van der Waals surface area contributed by atoms with Crippen molar-refractivity contribution < 1.29 is 4.79 Å². The molecule has 1 fully saturated rings. The average molecular weight is 351 g/mol. The Morgan fingerprint density at radius 1 is 1.48 bits per heavy atom. The summed E-state index contributed by atoms with van der Waals surface area (Å²) in [6, 6.07) is 7.97. The van der Waals surface area contributed by atoms with Crippen molar-refractivity contribution in [3.63, 3.8) is 0 Å². The lowest BCUT2D eigenvalue weighted by Gasteiger charge is -2.14. The molecule has 0 bridgehead atoms. The highest BCUT2D eigenvalue weighted by Crippen LogP contribution is 2.38. The smallest absolute Gasteiger partial charge is 0.230 e. The van der Waals surface area contributed by atoms with Gasteiger partial charge in [0.05, 0.1) is 11.8 Å². The molecule has 1 aliphatic carbocycles. The molecule has 122 valence electrons. The van der Waals surface area contributed by atoms with Gasteiger partial charge in [0.2, 0.25) is 5.91 Å². The molecule has 0 aliphatic heterocycles. The molecule has 1 aliphatic rings. The standard InChI is InChI=1S/C16H19ClN4OS/c1-10(12-4-3-5-13(17)8-12)18-15(22)9-23-16-20-19-11(2)21(16)14-6-7-14/h3-5,8,10,14H,6-7,9H2,1-2H3,(H,18,22)/t10-/m0/s1. The summed E-state index contributed by atoms with van der Waals surface area (Å²) in [6.45, 7) is 3.90. The van der Waals surface area contributed by atoms with E-state index >= 15 is 0 Å². The first kappa shape index (κ1) is 16.3. The first-order valence-electron chi connectivity index (χ1n) is 7.63. The van der Waals surface area contributed by atoms with Gasteiger partial charge in [0.15, 0.2) is 5.16 Å². The molecule has 2 aromatic rings. The lowest BCUT2D eigenvalue weighted by atomic mass is 10.1. The maximum absolute atomic E-state index is 12.2. The van der Waals surface area contributed by atoms with Crippen LogP contribution in [0.5, 0.6) is 0 Å². The number of hydrogen-bond acceptors (Lipinski definition) is 4. The molecule has 5 nitrogen and oxygen atoms in total. The van der Waals surface area contributed by atoms with E-state index in [0.29, 0.717) is 16.8 Å². The van der Waals surface area contributed by atoms with Gasteiger partial charge in [0, 0.05) is 11.1 Å². The minimum atomic E-state index is -0.0789. The number of nitrogens with one attached hydrogen (secondary N) is 1. The maximum Gasteiger partial charge on any atom is 0.230 e. The molecule has 0 saturated heterocycles. The van der Waals surface area contributed by atoms with Gasteiger partial charge < -0.3 is 9.88 Å². The van der Waals surface area contributed by atoms with E-state index in [0.717, 1.165) is 16.5 Å². The number of carbonyl (C=O) groups excluding carboxylic acids is 1. The molecule has 7 heteroatoms. The molecule has 1 amide bonds. The van der Waals surface area contributed by atoms with Crippen molar-refractivity contribution >= 4 is 29.3 Å². The Bertz CT molecular complexity index is 714. The van der Waals surface area contributed by atoms with Crippen LogP contribution in [0, 0.1) is 6.92 Å².